The van der Waals surface area contributed by atoms with E-state index in [2.05, 4.69) is 35.9 Å². The van der Waals surface area contributed by atoms with E-state index in [1.807, 2.05) is 0 Å². The summed E-state index contributed by atoms with van der Waals surface area (Å²) in [5, 5.41) is 7.01. The van der Waals surface area contributed by atoms with Gasteiger partial charge in [-0.3, -0.25) is 10.00 Å². The van der Waals surface area contributed by atoms with E-state index in [1.165, 1.54) is 11.3 Å². The van der Waals surface area contributed by atoms with Gasteiger partial charge in [0, 0.05) is 24.2 Å². The zero-order chi connectivity index (χ0) is 9.59. The number of nitrogens with zero attached hydrogens (tertiary/aromatic N) is 2. The van der Waals surface area contributed by atoms with Gasteiger partial charge in [-0.2, -0.15) is 5.10 Å². The molecule has 2 heterocycles. The Hall–Kier alpha value is -1.03. The van der Waals surface area contributed by atoms with Gasteiger partial charge in [-0.25, -0.2) is 0 Å². The van der Waals surface area contributed by atoms with Crippen LogP contribution in [0.1, 0.15) is 38.1 Å². The van der Waals surface area contributed by atoms with Crippen LogP contribution < -0.4 is 5.73 Å². The van der Waals surface area contributed by atoms with E-state index in [0.717, 1.165) is 6.54 Å². The highest BCUT2D eigenvalue weighted by molar-refractivity contribution is 5.45. The second-order valence-corrected chi connectivity index (χ2v) is 3.94. The van der Waals surface area contributed by atoms with Crippen molar-refractivity contribution >= 4 is 5.82 Å². The standard InChI is InChI=1S/C9H16N4/c1-5(2)13-4-7-8(6(13)3)11-12-9(7)10/h5-6H,4H2,1-3H3,(H3,10,11,12). The smallest absolute Gasteiger partial charge is 0.150 e. The molecule has 1 aromatic heterocycles. The average Bonchev–Trinajstić information content (AvgIpc) is 2.55. The number of nitrogens with one attached hydrogen (secondary N) is 1. The molecule has 0 saturated carbocycles. The molecule has 4 nitrogen and oxygen atoms in total. The Bertz CT molecular complexity index is 315. The normalized spacial score (nSPS) is 22.6. The number of rotatable bonds is 1. The van der Waals surface area contributed by atoms with Crippen molar-refractivity contribution in [3.63, 3.8) is 0 Å². The van der Waals surface area contributed by atoms with E-state index in [4.69, 9.17) is 5.73 Å². The van der Waals surface area contributed by atoms with Gasteiger partial charge in [-0.15, -0.1) is 0 Å². The number of fused-ring (bicyclic) bond motifs is 1. The molecule has 2 rings (SSSR count). The van der Waals surface area contributed by atoms with Gasteiger partial charge < -0.3 is 5.73 Å². The molecule has 0 aliphatic carbocycles. The fourth-order valence-electron chi connectivity index (χ4n) is 2.02. The molecular weight excluding hydrogens is 164 g/mol. The van der Waals surface area contributed by atoms with E-state index in [0.29, 0.717) is 17.9 Å². The summed E-state index contributed by atoms with van der Waals surface area (Å²) < 4.78 is 0. The Balaban J connectivity index is 2.33. The Morgan fingerprint density at radius 2 is 2.31 bits per heavy atom. The Morgan fingerprint density at radius 1 is 1.62 bits per heavy atom. The maximum absolute atomic E-state index is 5.75. The van der Waals surface area contributed by atoms with E-state index < -0.39 is 0 Å². The van der Waals surface area contributed by atoms with Crippen molar-refractivity contribution in [3.8, 4) is 0 Å². The average molecular weight is 180 g/mol. The van der Waals surface area contributed by atoms with Crippen LogP contribution in [0.4, 0.5) is 5.82 Å². The number of aromatic amines is 1. The quantitative estimate of drug-likeness (QED) is 0.684. The molecule has 13 heavy (non-hydrogen) atoms. The number of H-pyrrole nitrogens is 1. The highest BCUT2D eigenvalue weighted by Crippen LogP contribution is 2.35. The summed E-state index contributed by atoms with van der Waals surface area (Å²) in [5.74, 6) is 0.657. The number of nitrogens with two attached hydrogens (primary N) is 1. The fraction of sp³-hybridized carbons (Fsp3) is 0.667. The van der Waals surface area contributed by atoms with Gasteiger partial charge in [0.25, 0.3) is 0 Å². The molecule has 0 bridgehead atoms. The summed E-state index contributed by atoms with van der Waals surface area (Å²) in [6.07, 6.45) is 0. The van der Waals surface area contributed by atoms with Crippen LogP contribution in [0, 0.1) is 0 Å². The van der Waals surface area contributed by atoms with Crippen LogP contribution in [0.15, 0.2) is 0 Å². The van der Waals surface area contributed by atoms with E-state index in [9.17, 15) is 0 Å². The zero-order valence-electron chi connectivity index (χ0n) is 8.33. The van der Waals surface area contributed by atoms with Crippen molar-refractivity contribution in [2.45, 2.75) is 39.4 Å². The summed E-state index contributed by atoms with van der Waals surface area (Å²) in [6, 6.07) is 0.968. The summed E-state index contributed by atoms with van der Waals surface area (Å²) in [6.45, 7) is 7.51. The number of nitrogen functional groups attached to an aromatic ring is 1. The molecule has 4 heteroatoms. The molecular formula is C9H16N4. The van der Waals surface area contributed by atoms with Gasteiger partial charge in [0.1, 0.15) is 5.82 Å². The molecule has 0 spiro atoms. The lowest BCUT2D eigenvalue weighted by molar-refractivity contribution is 0.177. The van der Waals surface area contributed by atoms with Gasteiger partial charge in [0.2, 0.25) is 0 Å². The Kier molecular flexibility index (Phi) is 1.80. The molecule has 1 aliphatic rings. The second kappa shape index (κ2) is 2.73. The van der Waals surface area contributed by atoms with Gasteiger partial charge in [0.15, 0.2) is 0 Å². The van der Waals surface area contributed by atoms with Crippen LogP contribution in [0.5, 0.6) is 0 Å². The van der Waals surface area contributed by atoms with Gasteiger partial charge in [0.05, 0.1) is 5.69 Å². The highest BCUT2D eigenvalue weighted by Gasteiger charge is 2.31. The van der Waals surface area contributed by atoms with Gasteiger partial charge in [-0.1, -0.05) is 0 Å². The van der Waals surface area contributed by atoms with Gasteiger partial charge >= 0.3 is 0 Å². The minimum atomic E-state index is 0.416. The number of hydrogen-bond acceptors (Lipinski definition) is 3. The lowest BCUT2D eigenvalue weighted by atomic mass is 10.2. The predicted molar refractivity (Wildman–Crippen MR) is 52.1 cm³/mol. The monoisotopic (exact) mass is 180 g/mol. The fourth-order valence-corrected chi connectivity index (χ4v) is 2.02. The van der Waals surface area contributed by atoms with Crippen molar-refractivity contribution in [1.82, 2.24) is 15.1 Å². The molecule has 0 saturated heterocycles. The van der Waals surface area contributed by atoms with Crippen molar-refractivity contribution in [3.05, 3.63) is 11.3 Å². The molecule has 0 aromatic carbocycles. The summed E-state index contributed by atoms with van der Waals surface area (Å²) in [4.78, 5) is 2.40. The van der Waals surface area contributed by atoms with Crippen LogP contribution >= 0.6 is 0 Å². The Labute approximate surface area is 78.1 Å². The van der Waals surface area contributed by atoms with Crippen molar-refractivity contribution in [1.29, 1.82) is 0 Å². The predicted octanol–water partition coefficient (Wildman–Crippen LogP) is 1.28. The first-order chi connectivity index (χ1) is 6.11. The third kappa shape index (κ3) is 1.13. The first kappa shape index (κ1) is 8.56. The van der Waals surface area contributed by atoms with Crippen LogP contribution in [-0.2, 0) is 6.54 Å². The number of hydrogen-bond donors (Lipinski definition) is 2. The van der Waals surface area contributed by atoms with Crippen LogP contribution in [0.25, 0.3) is 0 Å². The Morgan fingerprint density at radius 3 is 2.85 bits per heavy atom. The topological polar surface area (TPSA) is 57.9 Å². The van der Waals surface area contributed by atoms with Crippen LogP contribution in [-0.4, -0.2) is 21.1 Å². The SMILES string of the molecule is CC(C)N1Cc2c(N)n[nH]c2C1C. The van der Waals surface area contributed by atoms with Crippen LogP contribution in [0.3, 0.4) is 0 Å². The summed E-state index contributed by atoms with van der Waals surface area (Å²) in [5.41, 5.74) is 8.12. The zero-order valence-corrected chi connectivity index (χ0v) is 8.33. The van der Waals surface area contributed by atoms with Crippen molar-refractivity contribution in [2.75, 3.05) is 5.73 Å². The lowest BCUT2D eigenvalue weighted by Crippen LogP contribution is -2.28. The molecule has 1 aromatic rings. The van der Waals surface area contributed by atoms with Crippen molar-refractivity contribution in [2.24, 2.45) is 0 Å². The maximum atomic E-state index is 5.75. The van der Waals surface area contributed by atoms with Gasteiger partial charge in [-0.05, 0) is 20.8 Å². The molecule has 0 radical (unpaired) electrons. The second-order valence-electron chi connectivity index (χ2n) is 3.94. The molecule has 1 aliphatic heterocycles. The highest BCUT2D eigenvalue weighted by atomic mass is 15.3. The van der Waals surface area contributed by atoms with E-state index in [1.54, 1.807) is 0 Å². The first-order valence-electron chi connectivity index (χ1n) is 4.69. The molecule has 72 valence electrons. The largest absolute Gasteiger partial charge is 0.382 e. The maximum Gasteiger partial charge on any atom is 0.150 e. The third-order valence-electron chi connectivity index (χ3n) is 2.85. The number of anilines is 1. The minimum Gasteiger partial charge on any atom is -0.382 e. The molecule has 1 atom stereocenters. The molecule has 3 N–H and O–H groups in total. The number of aromatic nitrogens is 2. The first-order valence-corrected chi connectivity index (χ1v) is 4.69. The van der Waals surface area contributed by atoms with E-state index >= 15 is 0 Å². The van der Waals surface area contributed by atoms with Crippen LogP contribution in [0.2, 0.25) is 0 Å². The third-order valence-corrected chi connectivity index (χ3v) is 2.85. The minimum absolute atomic E-state index is 0.416. The van der Waals surface area contributed by atoms with E-state index in [-0.39, 0.29) is 0 Å². The molecule has 1 unspecified atom stereocenters. The lowest BCUT2D eigenvalue weighted by Gasteiger charge is -2.25. The molecule has 0 fully saturated rings. The van der Waals surface area contributed by atoms with Crippen molar-refractivity contribution < 1.29 is 0 Å². The molecule has 0 amide bonds. The summed E-state index contributed by atoms with van der Waals surface area (Å²) >= 11 is 0. The summed E-state index contributed by atoms with van der Waals surface area (Å²) in [7, 11) is 0.